The van der Waals surface area contributed by atoms with E-state index < -0.39 is 12.1 Å². The monoisotopic (exact) mass is 1070 g/mol. The minimum atomic E-state index is -0.441. The van der Waals surface area contributed by atoms with E-state index in [0.717, 1.165) is 54.9 Å². The van der Waals surface area contributed by atoms with Crippen molar-refractivity contribution in [1.82, 2.24) is 18.5 Å². The van der Waals surface area contributed by atoms with Gasteiger partial charge in [0, 0.05) is 50.8 Å². The molecule has 336 valence electrons. The van der Waals surface area contributed by atoms with Crippen molar-refractivity contribution in [1.29, 1.82) is 0 Å². The number of benzene rings is 8. The second kappa shape index (κ2) is 16.5. The van der Waals surface area contributed by atoms with E-state index in [2.05, 4.69) is 160 Å². The van der Waals surface area contributed by atoms with Crippen molar-refractivity contribution in [2.75, 3.05) is 0 Å². The van der Waals surface area contributed by atoms with Gasteiger partial charge in [-0.2, -0.15) is 24.2 Å². The first-order valence-corrected chi connectivity index (χ1v) is 22.6. The van der Waals surface area contributed by atoms with E-state index in [1.807, 2.05) is 42.5 Å². The number of pyridine rings is 1. The molecule has 10 bridgehead atoms. The van der Waals surface area contributed by atoms with Gasteiger partial charge in [0.2, 0.25) is 0 Å². The molecule has 3 aromatic heterocycles. The van der Waals surface area contributed by atoms with Crippen LogP contribution in [0.4, 0.5) is 0 Å². The Labute approximate surface area is 418 Å². The number of nitrogens with zero attached hydrogens (tertiary/aromatic N) is 4. The van der Waals surface area contributed by atoms with Gasteiger partial charge in [0.15, 0.2) is 0 Å². The number of aromatic nitrogens is 4. The Kier molecular flexibility index (Phi) is 8.90. The fraction of sp³-hybridized carbons (Fsp3) is 0.129. The molecule has 11 aromatic rings. The minimum Gasteiger partial charge on any atom is -0.510 e. The predicted molar refractivity (Wildman–Crippen MR) is 280 cm³/mol. The molecule has 0 unspecified atom stereocenters. The van der Waals surface area contributed by atoms with Crippen LogP contribution in [0.25, 0.3) is 105 Å². The van der Waals surface area contributed by atoms with Crippen LogP contribution < -0.4 is 0 Å². The number of para-hydroxylation sites is 3. The zero-order valence-electron chi connectivity index (χ0n) is 44.4. The third-order valence-corrected chi connectivity index (χ3v) is 12.9. The summed E-state index contributed by atoms with van der Waals surface area (Å²) in [5.41, 5.74) is 9.29. The van der Waals surface area contributed by atoms with Crippen molar-refractivity contribution < 1.29 is 33.7 Å². The quantitative estimate of drug-likeness (QED) is 0.154. The van der Waals surface area contributed by atoms with Crippen LogP contribution in [-0.2, 0) is 31.9 Å². The van der Waals surface area contributed by atoms with Crippen molar-refractivity contribution in [3.63, 3.8) is 0 Å². The molecule has 0 amide bonds. The van der Waals surface area contributed by atoms with Gasteiger partial charge in [-0.1, -0.05) is 174 Å². The van der Waals surface area contributed by atoms with Crippen LogP contribution in [0.15, 0.2) is 193 Å². The van der Waals surface area contributed by atoms with E-state index in [9.17, 15) is 4.11 Å². The van der Waals surface area contributed by atoms with E-state index in [4.69, 9.17) is 13.5 Å². The molecule has 12 rings (SSSR count). The molecule has 1 aliphatic rings. The summed E-state index contributed by atoms with van der Waals surface area (Å²) in [7, 11) is 0. The summed E-state index contributed by atoms with van der Waals surface area (Å²) >= 11 is 0. The van der Waals surface area contributed by atoms with Gasteiger partial charge in [-0.25, -0.2) is 4.98 Å². The van der Waals surface area contributed by atoms with Crippen LogP contribution >= 0.6 is 0 Å². The second-order valence-corrected chi connectivity index (χ2v) is 19.3. The number of hydrogen-bond donors (Lipinski definition) is 0. The molecule has 0 atom stereocenters. The smallest absolute Gasteiger partial charge is 0.136 e. The van der Waals surface area contributed by atoms with Gasteiger partial charge in [-0.15, -0.1) is 29.1 Å². The van der Waals surface area contributed by atoms with E-state index in [1.165, 1.54) is 11.1 Å². The van der Waals surface area contributed by atoms with Gasteiger partial charge >= 0.3 is 0 Å². The van der Waals surface area contributed by atoms with E-state index in [-0.39, 0.29) is 89.0 Å². The predicted octanol–water partition coefficient (Wildman–Crippen LogP) is 16.4. The topological polar surface area (TPSA) is 40.3 Å². The summed E-state index contributed by atoms with van der Waals surface area (Å²) in [5, 5.41) is 5.13. The Morgan fingerprint density at radius 2 is 1.28 bits per heavy atom. The molecule has 4 heterocycles. The van der Waals surface area contributed by atoms with E-state index in [1.54, 1.807) is 16.5 Å². The number of fused-ring (bicyclic) bond motifs is 23. The maximum atomic E-state index is 9.46. The Morgan fingerprint density at radius 3 is 2.10 bits per heavy atom. The van der Waals surface area contributed by atoms with Crippen LogP contribution in [0.3, 0.4) is 0 Å². The Balaban J connectivity index is 0.00000588. The summed E-state index contributed by atoms with van der Waals surface area (Å²) < 4.78 is 67.1. The summed E-state index contributed by atoms with van der Waals surface area (Å²) in [6.45, 7) is 13.5. The molecule has 6 heteroatoms. The Hall–Kier alpha value is -7.33. The maximum absolute atomic E-state index is 9.46. The van der Waals surface area contributed by atoms with Crippen molar-refractivity contribution >= 4 is 82.1 Å². The van der Waals surface area contributed by atoms with Crippen molar-refractivity contribution in [3.05, 3.63) is 211 Å². The van der Waals surface area contributed by atoms with Gasteiger partial charge in [0.05, 0.1) is 11.0 Å². The molecule has 8 aromatic carbocycles. The molecule has 68 heavy (non-hydrogen) atoms. The van der Waals surface area contributed by atoms with Crippen molar-refractivity contribution in [2.24, 2.45) is 0 Å². The van der Waals surface area contributed by atoms with Gasteiger partial charge in [0.1, 0.15) is 5.65 Å². The molecule has 5 nitrogen and oxygen atoms in total. The molecule has 0 N–H and O–H groups in total. The summed E-state index contributed by atoms with van der Waals surface area (Å²) in [5.74, 6) is 0. The van der Waals surface area contributed by atoms with Crippen LogP contribution in [-0.4, -0.2) is 18.5 Å². The first kappa shape index (κ1) is 36.7. The maximum Gasteiger partial charge on any atom is 0.136 e. The van der Waals surface area contributed by atoms with Crippen molar-refractivity contribution in [2.45, 2.75) is 52.4 Å². The standard InChI is InChI=1S/C62H49N4O.Pt/c1-61(2,3)43-20-14-18-41(34-43)52-35-44(62(4,5)6)36-53-49-24-8-7-23-48(49)40-17-13-19-42(33-40)54-26-16-30-59(63-54)66-55-27-10-9-25-50(55)51-32-31-47(38-58(51)66)67-46-22-15-21-45(37-46)64-39-65(60(52)53)57-29-12-11-28-56(57)64;/h7-36,39H,1-6H3;/q-3;/i9D,10D,25D,27D,31D,32D;. The fourth-order valence-electron chi connectivity index (χ4n) is 9.43. The van der Waals surface area contributed by atoms with Crippen LogP contribution in [0.2, 0.25) is 0 Å². The average molecular weight is 1070 g/mol. The summed E-state index contributed by atoms with van der Waals surface area (Å²) in [4.78, 5) is 5.21. The molecule has 0 aliphatic carbocycles. The van der Waals surface area contributed by atoms with Gasteiger partial charge < -0.3 is 18.0 Å². The molecular formula is C62H49N4OPt-3. The first-order valence-electron chi connectivity index (χ1n) is 25.6. The van der Waals surface area contributed by atoms with Gasteiger partial charge in [-0.05, 0) is 103 Å². The third kappa shape index (κ3) is 7.37. The van der Waals surface area contributed by atoms with Crippen LogP contribution in [0.1, 0.15) is 60.9 Å². The average Bonchev–Trinajstić information content (AvgIpc) is 3.96. The molecule has 0 saturated heterocycles. The van der Waals surface area contributed by atoms with Crippen LogP contribution in [0, 0.1) is 12.1 Å². The molecule has 0 fully saturated rings. The zero-order chi connectivity index (χ0) is 50.8. The molecule has 1 aliphatic heterocycles. The summed E-state index contributed by atoms with van der Waals surface area (Å²) in [6, 6.07) is 54.6. The number of hydrogen-bond acceptors (Lipinski definition) is 2. The molecular weight excluding hydrogens is 1010 g/mol. The van der Waals surface area contributed by atoms with Gasteiger partial charge in [0.25, 0.3) is 0 Å². The normalized spacial score (nSPS) is 13.4. The SMILES string of the molecule is [2H]c1c([2H])c([2H])c2c(c1[2H])c1c([2H])c([2H])c3[c-]c1n2c1cccc(n1)c1cccc(c1)c1ccccc1c1cc(C(C)(C)C)cc(-c2cccc(C(C)(C)C)c2)c1n1[cH-]n(c2[c-]c(ccc2)o3)-c2ccccc2-1.[Pt]. The molecule has 0 saturated carbocycles. The number of imidazole rings is 1. The Bertz CT molecular complexity index is 4450. The Morgan fingerprint density at radius 1 is 0.559 bits per heavy atom. The minimum absolute atomic E-state index is 0. The van der Waals surface area contributed by atoms with E-state index in [0.29, 0.717) is 16.7 Å². The zero-order valence-corrected chi connectivity index (χ0v) is 40.7. The first-order chi connectivity index (χ1) is 35.0. The fourth-order valence-corrected chi connectivity index (χ4v) is 9.43. The van der Waals surface area contributed by atoms with Crippen LogP contribution in [0.5, 0.6) is 0 Å². The summed E-state index contributed by atoms with van der Waals surface area (Å²) in [6.07, 6.45) is 2.11. The number of rotatable bonds is 1. The molecule has 0 radical (unpaired) electrons. The largest absolute Gasteiger partial charge is 0.510 e. The van der Waals surface area contributed by atoms with E-state index >= 15 is 0 Å². The van der Waals surface area contributed by atoms with Crippen molar-refractivity contribution in [3.8, 4) is 22.5 Å². The third-order valence-electron chi connectivity index (χ3n) is 12.9. The van der Waals surface area contributed by atoms with Gasteiger partial charge in [-0.3, -0.25) is 0 Å². The molecule has 0 spiro atoms. The second-order valence-electron chi connectivity index (χ2n) is 19.3.